The summed E-state index contributed by atoms with van der Waals surface area (Å²) < 4.78 is 40.3. The fourth-order valence-corrected chi connectivity index (χ4v) is 2.85. The molecule has 0 amide bonds. The highest BCUT2D eigenvalue weighted by molar-refractivity contribution is 7.92. The number of hydrogen-bond acceptors (Lipinski definition) is 4. The molecule has 0 radical (unpaired) electrons. The zero-order chi connectivity index (χ0) is 14.8. The van der Waals surface area contributed by atoms with Crippen LogP contribution in [-0.4, -0.2) is 13.4 Å². The van der Waals surface area contributed by atoms with Crippen molar-refractivity contribution in [3.63, 3.8) is 0 Å². The lowest BCUT2D eigenvalue weighted by Gasteiger charge is -2.11. The smallest absolute Gasteiger partial charge is 0.261 e. The zero-order valence-corrected chi connectivity index (χ0v) is 11.6. The van der Waals surface area contributed by atoms with Gasteiger partial charge in [-0.2, -0.15) is 0 Å². The number of hydrogen-bond donors (Lipinski definition) is 2. The van der Waals surface area contributed by atoms with E-state index in [1.54, 1.807) is 19.2 Å². The van der Waals surface area contributed by atoms with Crippen molar-refractivity contribution in [2.45, 2.75) is 18.4 Å². The van der Waals surface area contributed by atoms with E-state index in [9.17, 15) is 12.8 Å². The van der Waals surface area contributed by atoms with Crippen LogP contribution in [0.5, 0.6) is 0 Å². The molecule has 1 aromatic carbocycles. The molecule has 106 valence electrons. The first-order valence-corrected chi connectivity index (χ1v) is 7.34. The van der Waals surface area contributed by atoms with Gasteiger partial charge in [0.1, 0.15) is 5.82 Å². The molecule has 0 unspecified atom stereocenters. The SMILES string of the molecule is Cc1cnccc1NS(=O)(=O)c1ccc(F)c(CN)c1. The number of rotatable bonds is 4. The standard InChI is InChI=1S/C13H14FN3O2S/c1-9-8-16-5-4-13(9)17-20(18,19)11-2-3-12(14)10(6-11)7-15/h2-6,8H,7,15H2,1H3,(H,16,17). The molecule has 0 saturated heterocycles. The van der Waals surface area contributed by atoms with Crippen LogP contribution in [0.15, 0.2) is 41.6 Å². The Bertz CT molecular complexity index is 732. The number of anilines is 1. The molecule has 0 bridgehead atoms. The maximum Gasteiger partial charge on any atom is 0.261 e. The fraction of sp³-hybridized carbons (Fsp3) is 0.154. The Morgan fingerprint density at radius 3 is 2.75 bits per heavy atom. The van der Waals surface area contributed by atoms with Crippen LogP contribution in [0, 0.1) is 12.7 Å². The highest BCUT2D eigenvalue weighted by Crippen LogP contribution is 2.20. The van der Waals surface area contributed by atoms with Crippen molar-refractivity contribution < 1.29 is 12.8 Å². The topological polar surface area (TPSA) is 85.1 Å². The molecule has 2 aromatic rings. The Kier molecular flexibility index (Phi) is 4.01. The minimum atomic E-state index is -3.79. The predicted molar refractivity (Wildman–Crippen MR) is 74.1 cm³/mol. The third-order valence-electron chi connectivity index (χ3n) is 2.81. The minimum Gasteiger partial charge on any atom is -0.326 e. The molecule has 0 aliphatic carbocycles. The van der Waals surface area contributed by atoms with E-state index in [0.717, 1.165) is 6.07 Å². The number of pyridine rings is 1. The third kappa shape index (κ3) is 2.94. The molecule has 7 heteroatoms. The summed E-state index contributed by atoms with van der Waals surface area (Å²) in [6, 6.07) is 5.08. The quantitative estimate of drug-likeness (QED) is 0.900. The van der Waals surface area contributed by atoms with Crippen LogP contribution in [0.1, 0.15) is 11.1 Å². The summed E-state index contributed by atoms with van der Waals surface area (Å²) in [5.74, 6) is -0.522. The van der Waals surface area contributed by atoms with Crippen molar-refractivity contribution in [1.82, 2.24) is 4.98 Å². The van der Waals surface area contributed by atoms with Crippen LogP contribution < -0.4 is 10.5 Å². The average Bonchev–Trinajstić information content (AvgIpc) is 2.41. The van der Waals surface area contributed by atoms with Crippen LogP contribution in [0.3, 0.4) is 0 Å². The second kappa shape index (κ2) is 5.56. The molecule has 0 aliphatic heterocycles. The van der Waals surface area contributed by atoms with E-state index < -0.39 is 15.8 Å². The fourth-order valence-electron chi connectivity index (χ4n) is 1.67. The van der Waals surface area contributed by atoms with Gasteiger partial charge in [0, 0.05) is 24.5 Å². The number of nitrogens with one attached hydrogen (secondary N) is 1. The van der Waals surface area contributed by atoms with E-state index in [4.69, 9.17) is 5.73 Å². The summed E-state index contributed by atoms with van der Waals surface area (Å²) in [6.45, 7) is 1.67. The first-order valence-electron chi connectivity index (χ1n) is 5.86. The number of halogens is 1. The number of aromatic nitrogens is 1. The second-order valence-electron chi connectivity index (χ2n) is 4.25. The molecule has 0 saturated carbocycles. The van der Waals surface area contributed by atoms with Gasteiger partial charge in [-0.15, -0.1) is 0 Å². The summed E-state index contributed by atoms with van der Waals surface area (Å²) in [5, 5.41) is 0. The van der Waals surface area contributed by atoms with E-state index in [-0.39, 0.29) is 17.0 Å². The van der Waals surface area contributed by atoms with Crippen LogP contribution >= 0.6 is 0 Å². The van der Waals surface area contributed by atoms with Crippen molar-refractivity contribution in [2.75, 3.05) is 4.72 Å². The molecule has 5 nitrogen and oxygen atoms in total. The maximum absolute atomic E-state index is 13.3. The molecule has 2 rings (SSSR count). The van der Waals surface area contributed by atoms with Crippen LogP contribution in [0.25, 0.3) is 0 Å². The Balaban J connectivity index is 2.38. The first-order chi connectivity index (χ1) is 9.44. The molecule has 20 heavy (non-hydrogen) atoms. The van der Waals surface area contributed by atoms with Gasteiger partial charge < -0.3 is 5.73 Å². The average molecular weight is 295 g/mol. The van der Waals surface area contributed by atoms with Crippen molar-refractivity contribution >= 4 is 15.7 Å². The summed E-state index contributed by atoms with van der Waals surface area (Å²) in [5.41, 5.74) is 6.65. The lowest BCUT2D eigenvalue weighted by Crippen LogP contribution is -2.15. The van der Waals surface area contributed by atoms with E-state index in [1.807, 2.05) is 0 Å². The van der Waals surface area contributed by atoms with Gasteiger partial charge in [-0.3, -0.25) is 9.71 Å². The number of nitrogens with zero attached hydrogens (tertiary/aromatic N) is 1. The van der Waals surface area contributed by atoms with Crippen molar-refractivity contribution in [1.29, 1.82) is 0 Å². The van der Waals surface area contributed by atoms with Gasteiger partial charge in [0.05, 0.1) is 10.6 Å². The van der Waals surface area contributed by atoms with Crippen LogP contribution in [0.2, 0.25) is 0 Å². The van der Waals surface area contributed by atoms with Gasteiger partial charge in [-0.25, -0.2) is 12.8 Å². The molecule has 1 aromatic heterocycles. The van der Waals surface area contributed by atoms with E-state index in [2.05, 4.69) is 9.71 Å². The van der Waals surface area contributed by atoms with Crippen molar-refractivity contribution in [3.05, 3.63) is 53.6 Å². The van der Waals surface area contributed by atoms with Gasteiger partial charge in [0.25, 0.3) is 10.0 Å². The lowest BCUT2D eigenvalue weighted by atomic mass is 10.2. The van der Waals surface area contributed by atoms with E-state index >= 15 is 0 Å². The van der Waals surface area contributed by atoms with Gasteiger partial charge in [0.15, 0.2) is 0 Å². The van der Waals surface area contributed by atoms with Crippen molar-refractivity contribution in [3.8, 4) is 0 Å². The van der Waals surface area contributed by atoms with Gasteiger partial charge in [-0.1, -0.05) is 0 Å². The molecular weight excluding hydrogens is 281 g/mol. The molecule has 0 fully saturated rings. The van der Waals surface area contributed by atoms with Gasteiger partial charge >= 0.3 is 0 Å². The molecule has 0 aliphatic rings. The summed E-state index contributed by atoms with van der Waals surface area (Å²) >= 11 is 0. The van der Waals surface area contributed by atoms with Gasteiger partial charge in [-0.05, 0) is 36.8 Å². The molecule has 1 heterocycles. The van der Waals surface area contributed by atoms with Crippen LogP contribution in [-0.2, 0) is 16.6 Å². The number of nitrogens with two attached hydrogens (primary N) is 1. The zero-order valence-electron chi connectivity index (χ0n) is 10.8. The Morgan fingerprint density at radius 2 is 2.10 bits per heavy atom. The Morgan fingerprint density at radius 1 is 1.35 bits per heavy atom. The van der Waals surface area contributed by atoms with E-state index in [0.29, 0.717) is 11.3 Å². The maximum atomic E-state index is 13.3. The highest BCUT2D eigenvalue weighted by Gasteiger charge is 2.17. The summed E-state index contributed by atoms with van der Waals surface area (Å²) in [7, 11) is -3.79. The third-order valence-corrected chi connectivity index (χ3v) is 4.18. The molecular formula is C13H14FN3O2S. The molecule has 0 spiro atoms. The molecule has 3 N–H and O–H groups in total. The first kappa shape index (κ1) is 14.4. The number of sulfonamides is 1. The van der Waals surface area contributed by atoms with Crippen molar-refractivity contribution in [2.24, 2.45) is 5.73 Å². The number of benzene rings is 1. The highest BCUT2D eigenvalue weighted by atomic mass is 32.2. The summed E-state index contributed by atoms with van der Waals surface area (Å²) in [4.78, 5) is 3.85. The van der Waals surface area contributed by atoms with E-state index in [1.165, 1.54) is 18.3 Å². The van der Waals surface area contributed by atoms with Crippen LogP contribution in [0.4, 0.5) is 10.1 Å². The monoisotopic (exact) mass is 295 g/mol. The predicted octanol–water partition coefficient (Wildman–Crippen LogP) is 1.79. The number of aryl methyl sites for hydroxylation is 1. The Hall–Kier alpha value is -1.99. The normalized spacial score (nSPS) is 11.3. The van der Waals surface area contributed by atoms with Gasteiger partial charge in [0.2, 0.25) is 0 Å². The minimum absolute atomic E-state index is 0.0319. The lowest BCUT2D eigenvalue weighted by molar-refractivity contribution is 0.596. The molecule has 0 atom stereocenters. The second-order valence-corrected chi connectivity index (χ2v) is 5.94. The Labute approximate surface area is 116 Å². The summed E-state index contributed by atoms with van der Waals surface area (Å²) in [6.07, 6.45) is 3.04. The largest absolute Gasteiger partial charge is 0.326 e.